The third-order valence-electron chi connectivity index (χ3n) is 3.59. The van der Waals surface area contributed by atoms with E-state index in [9.17, 15) is 4.79 Å². The molecule has 0 fully saturated rings. The molecule has 0 aliphatic rings. The second-order valence-corrected chi connectivity index (χ2v) is 5.40. The Morgan fingerprint density at radius 1 is 1.27 bits per heavy atom. The Morgan fingerprint density at radius 3 is 2.73 bits per heavy atom. The number of nitrogens with zero attached hydrogens (tertiary/aromatic N) is 5. The van der Waals surface area contributed by atoms with Gasteiger partial charge in [0.1, 0.15) is 18.3 Å². The lowest BCUT2D eigenvalue weighted by Gasteiger charge is -2.18. The number of carbonyl (C=O) groups excluding carboxylic acids is 1. The fourth-order valence-corrected chi connectivity index (χ4v) is 2.33. The highest BCUT2D eigenvalue weighted by molar-refractivity contribution is 5.94. The van der Waals surface area contributed by atoms with E-state index in [0.717, 1.165) is 5.56 Å². The van der Waals surface area contributed by atoms with Crippen LogP contribution >= 0.6 is 0 Å². The zero-order chi connectivity index (χ0) is 18.4. The van der Waals surface area contributed by atoms with Gasteiger partial charge in [-0.15, -0.1) is 6.58 Å². The second kappa shape index (κ2) is 7.85. The minimum Gasteiger partial charge on any atom is -0.337 e. The van der Waals surface area contributed by atoms with Crippen molar-refractivity contribution in [2.75, 3.05) is 6.54 Å². The molecule has 0 atom stereocenters. The molecule has 0 saturated carbocycles. The SMILES string of the molecule is C=CCN(Cc1nc(-c2ccccc2)no1)C(=O)c1ccc(C#N)nc1. The van der Waals surface area contributed by atoms with E-state index in [4.69, 9.17) is 9.78 Å². The van der Waals surface area contributed by atoms with Crippen molar-refractivity contribution in [2.45, 2.75) is 6.54 Å². The van der Waals surface area contributed by atoms with Crippen molar-refractivity contribution in [1.29, 1.82) is 5.26 Å². The zero-order valence-corrected chi connectivity index (χ0v) is 13.9. The molecule has 1 amide bonds. The van der Waals surface area contributed by atoms with Gasteiger partial charge in [0.25, 0.3) is 5.91 Å². The van der Waals surface area contributed by atoms with Crippen LogP contribution in [-0.4, -0.2) is 32.5 Å². The largest absolute Gasteiger partial charge is 0.337 e. The normalized spacial score (nSPS) is 10.1. The molecule has 0 bridgehead atoms. The summed E-state index contributed by atoms with van der Waals surface area (Å²) < 4.78 is 5.27. The summed E-state index contributed by atoms with van der Waals surface area (Å²) in [5.41, 5.74) is 1.45. The maximum absolute atomic E-state index is 12.7. The van der Waals surface area contributed by atoms with Gasteiger partial charge in [-0.25, -0.2) is 4.98 Å². The summed E-state index contributed by atoms with van der Waals surface area (Å²) >= 11 is 0. The fourth-order valence-electron chi connectivity index (χ4n) is 2.33. The monoisotopic (exact) mass is 345 g/mol. The molecule has 0 radical (unpaired) electrons. The smallest absolute Gasteiger partial charge is 0.256 e. The molecule has 0 spiro atoms. The number of hydrogen-bond donors (Lipinski definition) is 0. The van der Waals surface area contributed by atoms with Crippen LogP contribution in [0.15, 0.2) is 65.8 Å². The molecule has 2 heterocycles. The number of rotatable bonds is 6. The number of amides is 1. The molecule has 1 aromatic carbocycles. The van der Waals surface area contributed by atoms with E-state index in [0.29, 0.717) is 23.8 Å². The minimum atomic E-state index is -0.263. The van der Waals surface area contributed by atoms with E-state index >= 15 is 0 Å². The summed E-state index contributed by atoms with van der Waals surface area (Å²) in [7, 11) is 0. The molecule has 128 valence electrons. The number of hydrogen-bond acceptors (Lipinski definition) is 6. The fraction of sp³-hybridized carbons (Fsp3) is 0.105. The predicted molar refractivity (Wildman–Crippen MR) is 93.6 cm³/mol. The molecule has 2 aromatic heterocycles. The van der Waals surface area contributed by atoms with Gasteiger partial charge in [0.15, 0.2) is 0 Å². The van der Waals surface area contributed by atoms with Gasteiger partial charge in [0, 0.05) is 18.3 Å². The molecular formula is C19H15N5O2. The molecule has 0 saturated heterocycles. The van der Waals surface area contributed by atoms with Gasteiger partial charge < -0.3 is 9.42 Å². The maximum Gasteiger partial charge on any atom is 0.256 e. The Kier molecular flexibility index (Phi) is 5.15. The Labute approximate surface area is 150 Å². The van der Waals surface area contributed by atoms with E-state index in [1.807, 2.05) is 36.4 Å². The molecule has 7 nitrogen and oxygen atoms in total. The van der Waals surface area contributed by atoms with Crippen LogP contribution in [0, 0.1) is 11.3 Å². The van der Waals surface area contributed by atoms with Crippen molar-refractivity contribution in [3.63, 3.8) is 0 Å². The van der Waals surface area contributed by atoms with Crippen LogP contribution in [0.1, 0.15) is 21.9 Å². The van der Waals surface area contributed by atoms with Crippen LogP contribution in [0.3, 0.4) is 0 Å². The lowest BCUT2D eigenvalue weighted by atomic mass is 10.2. The summed E-state index contributed by atoms with van der Waals surface area (Å²) in [5.74, 6) is 0.522. The summed E-state index contributed by atoms with van der Waals surface area (Å²) in [4.78, 5) is 22.5. The molecule has 3 rings (SSSR count). The number of nitriles is 1. The first-order valence-corrected chi connectivity index (χ1v) is 7.85. The summed E-state index contributed by atoms with van der Waals surface area (Å²) in [6.45, 7) is 4.13. The summed E-state index contributed by atoms with van der Waals surface area (Å²) in [6.07, 6.45) is 2.99. The first-order valence-electron chi connectivity index (χ1n) is 7.85. The number of benzene rings is 1. The van der Waals surface area contributed by atoms with E-state index in [1.165, 1.54) is 17.2 Å². The van der Waals surface area contributed by atoms with E-state index in [2.05, 4.69) is 21.7 Å². The highest BCUT2D eigenvalue weighted by Crippen LogP contribution is 2.16. The van der Waals surface area contributed by atoms with Gasteiger partial charge in [-0.05, 0) is 12.1 Å². The van der Waals surface area contributed by atoms with Crippen molar-refractivity contribution < 1.29 is 9.32 Å². The van der Waals surface area contributed by atoms with Crippen LogP contribution in [0.2, 0.25) is 0 Å². The molecular weight excluding hydrogens is 330 g/mol. The van der Waals surface area contributed by atoms with E-state index in [-0.39, 0.29) is 18.1 Å². The van der Waals surface area contributed by atoms with Crippen molar-refractivity contribution in [3.8, 4) is 17.5 Å². The average Bonchev–Trinajstić information content (AvgIpc) is 3.16. The first kappa shape index (κ1) is 17.0. The number of aromatic nitrogens is 3. The van der Waals surface area contributed by atoms with E-state index in [1.54, 1.807) is 12.1 Å². The highest BCUT2D eigenvalue weighted by Gasteiger charge is 2.19. The predicted octanol–water partition coefficient (Wildman–Crippen LogP) is 2.83. The van der Waals surface area contributed by atoms with Crippen molar-refractivity contribution in [3.05, 3.63) is 78.5 Å². The second-order valence-electron chi connectivity index (χ2n) is 5.40. The van der Waals surface area contributed by atoms with Gasteiger partial charge in [-0.2, -0.15) is 10.2 Å². The van der Waals surface area contributed by atoms with Crippen LogP contribution < -0.4 is 0 Å². The molecule has 0 N–H and O–H groups in total. The number of pyridine rings is 1. The standard InChI is InChI=1S/C19H15N5O2/c1-2-10-24(19(25)15-8-9-16(11-20)21-12-15)13-17-22-18(23-26-17)14-6-4-3-5-7-14/h2-9,12H,1,10,13H2. The molecule has 0 aliphatic heterocycles. The van der Waals surface area contributed by atoms with E-state index < -0.39 is 0 Å². The van der Waals surface area contributed by atoms with Crippen molar-refractivity contribution in [1.82, 2.24) is 20.0 Å². The third-order valence-corrected chi connectivity index (χ3v) is 3.59. The Morgan fingerprint density at radius 2 is 2.08 bits per heavy atom. The average molecular weight is 345 g/mol. The molecule has 26 heavy (non-hydrogen) atoms. The topological polar surface area (TPSA) is 95.9 Å². The minimum absolute atomic E-state index is 0.144. The van der Waals surface area contributed by atoms with Gasteiger partial charge in [0.2, 0.25) is 11.7 Å². The van der Waals surface area contributed by atoms with Crippen molar-refractivity contribution in [2.24, 2.45) is 0 Å². The van der Waals surface area contributed by atoms with Gasteiger partial charge >= 0.3 is 0 Å². The van der Waals surface area contributed by atoms with Gasteiger partial charge in [0.05, 0.1) is 5.56 Å². The molecule has 0 aliphatic carbocycles. The van der Waals surface area contributed by atoms with Gasteiger partial charge in [-0.3, -0.25) is 4.79 Å². The van der Waals surface area contributed by atoms with Crippen LogP contribution in [0.4, 0.5) is 0 Å². The lowest BCUT2D eigenvalue weighted by molar-refractivity contribution is 0.0745. The maximum atomic E-state index is 12.7. The molecule has 7 heteroatoms. The zero-order valence-electron chi connectivity index (χ0n) is 13.9. The van der Waals surface area contributed by atoms with Gasteiger partial charge in [-0.1, -0.05) is 41.6 Å². The summed E-state index contributed by atoms with van der Waals surface area (Å²) in [5, 5.41) is 12.8. The molecule has 0 unspecified atom stereocenters. The van der Waals surface area contributed by atoms with Crippen molar-refractivity contribution >= 4 is 5.91 Å². The third kappa shape index (κ3) is 3.82. The Hall–Kier alpha value is -3.79. The van der Waals surface area contributed by atoms with Crippen LogP contribution in [0.5, 0.6) is 0 Å². The van der Waals surface area contributed by atoms with Crippen LogP contribution in [-0.2, 0) is 6.54 Å². The summed E-state index contributed by atoms with van der Waals surface area (Å²) in [6, 6.07) is 14.4. The highest BCUT2D eigenvalue weighted by atomic mass is 16.5. The Balaban J connectivity index is 1.78. The quantitative estimate of drug-likeness (QED) is 0.637. The lowest BCUT2D eigenvalue weighted by Crippen LogP contribution is -2.31. The van der Waals surface area contributed by atoms with Crippen LogP contribution in [0.25, 0.3) is 11.4 Å². The molecule has 3 aromatic rings. The number of carbonyl (C=O) groups is 1. The Bertz CT molecular complexity index is 942. The first-order chi connectivity index (χ1) is 12.7.